The van der Waals surface area contributed by atoms with E-state index in [0.29, 0.717) is 17.9 Å². The maximum absolute atomic E-state index is 12.5. The van der Waals surface area contributed by atoms with Gasteiger partial charge in [-0.05, 0) is 31.2 Å². The van der Waals surface area contributed by atoms with Gasteiger partial charge in [0.1, 0.15) is 11.3 Å². The summed E-state index contributed by atoms with van der Waals surface area (Å²) >= 11 is 0. The van der Waals surface area contributed by atoms with Crippen LogP contribution in [0.5, 0.6) is 0 Å². The molecule has 2 aromatic carbocycles. The highest BCUT2D eigenvalue weighted by Gasteiger charge is 2.21. The molecule has 2 aromatic heterocycles. The number of carbonyl (C=O) groups is 1. The molecule has 0 amide bonds. The van der Waals surface area contributed by atoms with E-state index in [1.807, 2.05) is 66.9 Å². The van der Waals surface area contributed by atoms with E-state index in [4.69, 9.17) is 4.74 Å². The van der Waals surface area contributed by atoms with Gasteiger partial charge in [0.05, 0.1) is 24.2 Å². The maximum atomic E-state index is 12.5. The number of ether oxygens (including phenoxy) is 1. The Hall–Kier alpha value is -3.67. The Kier molecular flexibility index (Phi) is 4.53. The van der Waals surface area contributed by atoms with Gasteiger partial charge in [0.15, 0.2) is 0 Å². The van der Waals surface area contributed by atoms with Crippen molar-refractivity contribution < 1.29 is 9.53 Å². The van der Waals surface area contributed by atoms with Crippen LogP contribution in [0.1, 0.15) is 17.3 Å². The quantitative estimate of drug-likeness (QED) is 0.508. The molecule has 6 heteroatoms. The number of hydrogen-bond donors (Lipinski definition) is 0. The van der Waals surface area contributed by atoms with Crippen LogP contribution in [0, 0.1) is 0 Å². The first-order valence-corrected chi connectivity index (χ1v) is 8.69. The number of para-hydroxylation sites is 2. The van der Waals surface area contributed by atoms with Crippen molar-refractivity contribution in [3.8, 4) is 22.6 Å². The average molecular weight is 358 g/mol. The maximum Gasteiger partial charge on any atom is 0.342 e. The van der Waals surface area contributed by atoms with Gasteiger partial charge in [-0.1, -0.05) is 36.4 Å². The first-order chi connectivity index (χ1) is 13.3. The molecule has 0 spiro atoms. The van der Waals surface area contributed by atoms with Crippen molar-refractivity contribution in [3.63, 3.8) is 0 Å². The summed E-state index contributed by atoms with van der Waals surface area (Å²) in [4.78, 5) is 12.5. The zero-order valence-electron chi connectivity index (χ0n) is 14.8. The molecule has 0 saturated heterocycles. The van der Waals surface area contributed by atoms with E-state index in [9.17, 15) is 4.79 Å². The Morgan fingerprint density at radius 3 is 2.19 bits per heavy atom. The van der Waals surface area contributed by atoms with E-state index < -0.39 is 5.97 Å². The van der Waals surface area contributed by atoms with Crippen molar-refractivity contribution in [2.45, 2.75) is 6.92 Å². The molecule has 0 aliphatic carbocycles. The fraction of sp³-hybridized carbons (Fsp3) is 0.0952. The van der Waals surface area contributed by atoms with Crippen LogP contribution in [-0.4, -0.2) is 32.1 Å². The van der Waals surface area contributed by atoms with Crippen molar-refractivity contribution in [1.82, 2.24) is 19.6 Å². The molecule has 0 aliphatic rings. The average Bonchev–Trinajstić information content (AvgIpc) is 3.37. The smallest absolute Gasteiger partial charge is 0.342 e. The summed E-state index contributed by atoms with van der Waals surface area (Å²) in [6.45, 7) is 2.09. The van der Waals surface area contributed by atoms with Crippen LogP contribution in [0.3, 0.4) is 0 Å². The van der Waals surface area contributed by atoms with Crippen molar-refractivity contribution in [2.24, 2.45) is 0 Å². The first-order valence-electron chi connectivity index (χ1n) is 8.69. The minimum atomic E-state index is -0.401. The van der Waals surface area contributed by atoms with Gasteiger partial charge >= 0.3 is 5.97 Å². The molecule has 4 rings (SSSR count). The van der Waals surface area contributed by atoms with Crippen LogP contribution in [-0.2, 0) is 4.74 Å². The second kappa shape index (κ2) is 7.29. The zero-order chi connectivity index (χ0) is 18.6. The standard InChI is InChI=1S/C21H18N4O2/c1-2-27-21(26)19-15-25(18-11-7-4-8-12-18)23-20(19)16-13-22-24(14-16)17-9-5-3-6-10-17/h3-15H,2H2,1H3. The predicted molar refractivity (Wildman–Crippen MR) is 102 cm³/mol. The molecular formula is C21H18N4O2. The van der Waals surface area contributed by atoms with Crippen LogP contribution in [0.25, 0.3) is 22.6 Å². The third kappa shape index (κ3) is 3.37. The second-order valence-corrected chi connectivity index (χ2v) is 5.90. The summed E-state index contributed by atoms with van der Waals surface area (Å²) in [5, 5.41) is 9.03. The number of aromatic nitrogens is 4. The topological polar surface area (TPSA) is 61.9 Å². The number of carbonyl (C=O) groups excluding carboxylic acids is 1. The molecule has 0 saturated carbocycles. The van der Waals surface area contributed by atoms with Gasteiger partial charge in [0.25, 0.3) is 0 Å². The Balaban J connectivity index is 1.78. The van der Waals surface area contributed by atoms with Crippen molar-refractivity contribution in [1.29, 1.82) is 0 Å². The van der Waals surface area contributed by atoms with Crippen LogP contribution in [0.4, 0.5) is 0 Å². The molecule has 134 valence electrons. The van der Waals surface area contributed by atoms with E-state index in [2.05, 4.69) is 10.2 Å². The Morgan fingerprint density at radius 2 is 1.56 bits per heavy atom. The third-order valence-corrected chi connectivity index (χ3v) is 4.11. The van der Waals surface area contributed by atoms with Crippen LogP contribution in [0.15, 0.2) is 79.3 Å². The summed E-state index contributed by atoms with van der Waals surface area (Å²) in [5.41, 5.74) is 3.50. The molecule has 0 N–H and O–H groups in total. The highest BCUT2D eigenvalue weighted by molar-refractivity contribution is 5.96. The summed E-state index contributed by atoms with van der Waals surface area (Å²) in [5.74, 6) is -0.401. The van der Waals surface area contributed by atoms with Crippen LogP contribution in [0.2, 0.25) is 0 Å². The first kappa shape index (κ1) is 16.8. The van der Waals surface area contributed by atoms with Crippen molar-refractivity contribution in [2.75, 3.05) is 6.61 Å². The predicted octanol–water partition coefficient (Wildman–Crippen LogP) is 3.90. The summed E-state index contributed by atoms with van der Waals surface area (Å²) in [6.07, 6.45) is 5.26. The highest BCUT2D eigenvalue weighted by Crippen LogP contribution is 2.25. The summed E-state index contributed by atoms with van der Waals surface area (Å²) in [6, 6.07) is 19.4. The normalized spacial score (nSPS) is 10.7. The number of esters is 1. The second-order valence-electron chi connectivity index (χ2n) is 5.90. The van der Waals surface area contributed by atoms with Gasteiger partial charge in [-0.2, -0.15) is 10.2 Å². The van der Waals surface area contributed by atoms with Crippen LogP contribution >= 0.6 is 0 Å². The Bertz CT molecular complexity index is 1050. The monoisotopic (exact) mass is 358 g/mol. The van der Waals surface area contributed by atoms with E-state index in [-0.39, 0.29) is 0 Å². The van der Waals surface area contributed by atoms with Crippen molar-refractivity contribution in [3.05, 3.63) is 84.8 Å². The third-order valence-electron chi connectivity index (χ3n) is 4.11. The molecule has 4 aromatic rings. The lowest BCUT2D eigenvalue weighted by molar-refractivity contribution is 0.0527. The minimum Gasteiger partial charge on any atom is -0.462 e. The molecule has 2 heterocycles. The lowest BCUT2D eigenvalue weighted by Gasteiger charge is -2.01. The number of hydrogen-bond acceptors (Lipinski definition) is 4. The van der Waals surface area contributed by atoms with E-state index >= 15 is 0 Å². The highest BCUT2D eigenvalue weighted by atomic mass is 16.5. The van der Waals surface area contributed by atoms with Crippen LogP contribution < -0.4 is 0 Å². The van der Waals surface area contributed by atoms with E-state index in [0.717, 1.165) is 16.9 Å². The molecule has 0 bridgehead atoms. The van der Waals surface area contributed by atoms with Gasteiger partial charge in [0, 0.05) is 18.0 Å². The molecule has 0 radical (unpaired) electrons. The van der Waals surface area contributed by atoms with E-state index in [1.54, 1.807) is 28.7 Å². The summed E-state index contributed by atoms with van der Waals surface area (Å²) < 4.78 is 8.65. The molecule has 27 heavy (non-hydrogen) atoms. The molecule has 0 aliphatic heterocycles. The fourth-order valence-corrected chi connectivity index (χ4v) is 2.83. The molecule has 0 unspecified atom stereocenters. The molecular weight excluding hydrogens is 340 g/mol. The van der Waals surface area contributed by atoms with Gasteiger partial charge < -0.3 is 4.74 Å². The SMILES string of the molecule is CCOC(=O)c1cn(-c2ccccc2)nc1-c1cnn(-c2ccccc2)c1. The van der Waals surface area contributed by atoms with Gasteiger partial charge in [-0.25, -0.2) is 14.2 Å². The van der Waals surface area contributed by atoms with Gasteiger partial charge in [-0.15, -0.1) is 0 Å². The molecule has 0 atom stereocenters. The van der Waals surface area contributed by atoms with E-state index in [1.165, 1.54) is 0 Å². The minimum absolute atomic E-state index is 0.304. The summed E-state index contributed by atoms with van der Waals surface area (Å²) in [7, 11) is 0. The Morgan fingerprint density at radius 1 is 0.926 bits per heavy atom. The Labute approximate surface area is 156 Å². The van der Waals surface area contributed by atoms with Crippen molar-refractivity contribution >= 4 is 5.97 Å². The van der Waals surface area contributed by atoms with Gasteiger partial charge in [-0.3, -0.25) is 0 Å². The molecule has 0 fully saturated rings. The molecule has 6 nitrogen and oxygen atoms in total. The lowest BCUT2D eigenvalue weighted by atomic mass is 10.1. The number of nitrogens with zero attached hydrogens (tertiary/aromatic N) is 4. The number of rotatable bonds is 5. The fourth-order valence-electron chi connectivity index (χ4n) is 2.83. The van der Waals surface area contributed by atoms with Gasteiger partial charge in [0.2, 0.25) is 0 Å². The number of benzene rings is 2. The zero-order valence-corrected chi connectivity index (χ0v) is 14.8. The lowest BCUT2D eigenvalue weighted by Crippen LogP contribution is -2.04. The largest absolute Gasteiger partial charge is 0.462 e.